The van der Waals surface area contributed by atoms with Crippen LogP contribution in [-0.4, -0.2) is 34.1 Å². The van der Waals surface area contributed by atoms with Gasteiger partial charge < -0.3 is 10.4 Å². The number of amides is 2. The molecule has 1 aliphatic heterocycles. The first-order valence-corrected chi connectivity index (χ1v) is 5.43. The molecule has 17 heavy (non-hydrogen) atoms. The van der Waals surface area contributed by atoms with E-state index in [0.29, 0.717) is 0 Å². The van der Waals surface area contributed by atoms with Gasteiger partial charge in [-0.1, -0.05) is 30.3 Å². The van der Waals surface area contributed by atoms with Crippen LogP contribution >= 0.6 is 0 Å². The van der Waals surface area contributed by atoms with Gasteiger partial charge in [0.05, 0.1) is 6.04 Å². The number of carbonyl (C=O) groups excluding carboxylic acids is 1. The van der Waals surface area contributed by atoms with Crippen LogP contribution in [0, 0.1) is 0 Å². The first-order valence-electron chi connectivity index (χ1n) is 5.43. The van der Waals surface area contributed by atoms with Crippen LogP contribution in [0.1, 0.15) is 12.5 Å². The normalized spacial score (nSPS) is 22.5. The van der Waals surface area contributed by atoms with Crippen molar-refractivity contribution >= 4 is 12.0 Å². The molecule has 0 radical (unpaired) electrons. The van der Waals surface area contributed by atoms with Crippen molar-refractivity contribution in [3.8, 4) is 0 Å². The third kappa shape index (κ3) is 2.22. The van der Waals surface area contributed by atoms with Gasteiger partial charge in [-0.3, -0.25) is 9.69 Å². The second-order valence-electron chi connectivity index (χ2n) is 4.14. The number of β-lactam (4-membered cyclic amide) rings is 1. The minimum Gasteiger partial charge on any atom is -0.465 e. The lowest BCUT2D eigenvalue weighted by Gasteiger charge is -2.40. The van der Waals surface area contributed by atoms with Gasteiger partial charge in [0.25, 0.3) is 0 Å². The number of hydrogen-bond acceptors (Lipinski definition) is 2. The Morgan fingerprint density at radius 1 is 1.41 bits per heavy atom. The Kier molecular flexibility index (Phi) is 2.99. The van der Waals surface area contributed by atoms with Gasteiger partial charge in [0.2, 0.25) is 5.91 Å². The predicted molar refractivity (Wildman–Crippen MR) is 61.4 cm³/mol. The molecular weight excluding hydrogens is 220 g/mol. The molecule has 1 aromatic rings. The van der Waals surface area contributed by atoms with E-state index in [-0.39, 0.29) is 18.5 Å². The lowest BCUT2D eigenvalue weighted by Crippen LogP contribution is -2.68. The van der Waals surface area contributed by atoms with Gasteiger partial charge in [-0.05, 0) is 12.5 Å². The molecule has 1 heterocycles. The van der Waals surface area contributed by atoms with Crippen molar-refractivity contribution in [2.24, 2.45) is 0 Å². The fourth-order valence-corrected chi connectivity index (χ4v) is 2.00. The average molecular weight is 234 g/mol. The van der Waals surface area contributed by atoms with Gasteiger partial charge in [0, 0.05) is 6.54 Å². The highest BCUT2D eigenvalue weighted by atomic mass is 16.4. The average Bonchev–Trinajstić information content (AvgIpc) is 2.29. The van der Waals surface area contributed by atoms with Gasteiger partial charge in [0.15, 0.2) is 0 Å². The molecule has 2 atom stereocenters. The van der Waals surface area contributed by atoms with E-state index in [1.807, 2.05) is 30.3 Å². The summed E-state index contributed by atoms with van der Waals surface area (Å²) in [4.78, 5) is 23.7. The molecule has 2 rings (SSSR count). The maximum absolute atomic E-state index is 11.4. The summed E-state index contributed by atoms with van der Waals surface area (Å²) in [7, 11) is 0. The first kappa shape index (κ1) is 11.4. The van der Waals surface area contributed by atoms with Crippen LogP contribution in [-0.2, 0) is 11.3 Å². The van der Waals surface area contributed by atoms with Gasteiger partial charge >= 0.3 is 6.09 Å². The molecule has 90 valence electrons. The largest absolute Gasteiger partial charge is 0.465 e. The van der Waals surface area contributed by atoms with Crippen LogP contribution in [0.2, 0.25) is 0 Å². The van der Waals surface area contributed by atoms with Crippen molar-refractivity contribution in [1.29, 1.82) is 0 Å². The minimum absolute atomic E-state index is 0.123. The third-order valence-electron chi connectivity index (χ3n) is 2.89. The molecule has 2 amide bonds. The molecule has 5 heteroatoms. The fourth-order valence-electron chi connectivity index (χ4n) is 2.00. The van der Waals surface area contributed by atoms with E-state index in [4.69, 9.17) is 5.11 Å². The Balaban J connectivity index is 2.14. The van der Waals surface area contributed by atoms with E-state index >= 15 is 0 Å². The van der Waals surface area contributed by atoms with Crippen LogP contribution < -0.4 is 5.32 Å². The lowest BCUT2D eigenvalue weighted by molar-refractivity contribution is -0.136. The molecule has 0 spiro atoms. The van der Waals surface area contributed by atoms with Crippen molar-refractivity contribution in [2.45, 2.75) is 25.6 Å². The van der Waals surface area contributed by atoms with Gasteiger partial charge in [-0.25, -0.2) is 4.79 Å². The molecule has 1 fully saturated rings. The van der Waals surface area contributed by atoms with E-state index in [1.54, 1.807) is 6.92 Å². The number of benzene rings is 1. The minimum atomic E-state index is -1.07. The molecule has 5 nitrogen and oxygen atoms in total. The second-order valence-corrected chi connectivity index (χ2v) is 4.14. The number of hydrogen-bond donors (Lipinski definition) is 2. The van der Waals surface area contributed by atoms with Crippen molar-refractivity contribution in [3.05, 3.63) is 35.9 Å². The van der Waals surface area contributed by atoms with E-state index in [1.165, 1.54) is 4.90 Å². The fraction of sp³-hybridized carbons (Fsp3) is 0.333. The molecule has 0 unspecified atom stereocenters. The predicted octanol–water partition coefficient (Wildman–Crippen LogP) is 1.05. The summed E-state index contributed by atoms with van der Waals surface area (Å²) in [6.07, 6.45) is -1.07. The zero-order chi connectivity index (χ0) is 12.4. The topological polar surface area (TPSA) is 69.6 Å². The van der Waals surface area contributed by atoms with Crippen LogP contribution in [0.3, 0.4) is 0 Å². The molecule has 2 N–H and O–H groups in total. The highest BCUT2D eigenvalue weighted by molar-refractivity contribution is 5.91. The van der Waals surface area contributed by atoms with Gasteiger partial charge in [0.1, 0.15) is 6.04 Å². The van der Waals surface area contributed by atoms with Crippen molar-refractivity contribution in [1.82, 2.24) is 10.2 Å². The molecule has 1 saturated heterocycles. The van der Waals surface area contributed by atoms with Crippen molar-refractivity contribution in [3.63, 3.8) is 0 Å². The Morgan fingerprint density at radius 3 is 2.53 bits per heavy atom. The van der Waals surface area contributed by atoms with Gasteiger partial charge in [-0.15, -0.1) is 0 Å². The van der Waals surface area contributed by atoms with Crippen LogP contribution in [0.25, 0.3) is 0 Å². The highest BCUT2D eigenvalue weighted by Gasteiger charge is 2.42. The van der Waals surface area contributed by atoms with E-state index in [2.05, 4.69) is 5.32 Å². The maximum Gasteiger partial charge on any atom is 0.408 e. The molecule has 0 aliphatic carbocycles. The summed E-state index contributed by atoms with van der Waals surface area (Å²) in [5, 5.41) is 11.8. The quantitative estimate of drug-likeness (QED) is 0.768. The van der Waals surface area contributed by atoms with E-state index < -0.39 is 12.1 Å². The first-order chi connectivity index (χ1) is 8.09. The molecule has 1 aliphatic rings. The zero-order valence-corrected chi connectivity index (χ0v) is 9.46. The Bertz CT molecular complexity index is 433. The molecular formula is C12H14N2O3. The van der Waals surface area contributed by atoms with E-state index in [0.717, 1.165) is 5.56 Å². The summed E-state index contributed by atoms with van der Waals surface area (Å²) in [6.45, 7) is 2.03. The molecule has 0 aromatic heterocycles. The third-order valence-corrected chi connectivity index (χ3v) is 2.89. The smallest absolute Gasteiger partial charge is 0.408 e. The van der Waals surface area contributed by atoms with Gasteiger partial charge in [-0.2, -0.15) is 0 Å². The molecule has 0 bridgehead atoms. The Morgan fingerprint density at radius 2 is 2.06 bits per heavy atom. The van der Waals surface area contributed by atoms with E-state index in [9.17, 15) is 9.59 Å². The Hall–Kier alpha value is -2.04. The Labute approximate surface area is 99.0 Å². The summed E-state index contributed by atoms with van der Waals surface area (Å²) >= 11 is 0. The number of nitrogens with zero attached hydrogens (tertiary/aromatic N) is 1. The van der Waals surface area contributed by atoms with Crippen LogP contribution in [0.15, 0.2) is 30.3 Å². The summed E-state index contributed by atoms with van der Waals surface area (Å²) in [5.41, 5.74) is 0.877. The monoisotopic (exact) mass is 234 g/mol. The summed E-state index contributed by atoms with van der Waals surface area (Å²) in [6, 6.07) is 8.55. The summed E-state index contributed by atoms with van der Waals surface area (Å²) < 4.78 is 0. The number of carbonyl (C=O) groups is 2. The lowest BCUT2D eigenvalue weighted by atomic mass is 9.99. The molecule has 0 saturated carbocycles. The van der Waals surface area contributed by atoms with Crippen LogP contribution in [0.4, 0.5) is 4.79 Å². The van der Waals surface area contributed by atoms with Crippen molar-refractivity contribution < 1.29 is 14.7 Å². The zero-order valence-electron chi connectivity index (χ0n) is 9.46. The van der Waals surface area contributed by atoms with Crippen molar-refractivity contribution in [2.75, 3.05) is 0 Å². The van der Waals surface area contributed by atoms with Crippen LogP contribution in [0.5, 0.6) is 0 Å². The standard InChI is InChI=1S/C12H14N2O3/c1-8-10(11(15)13-8)14(12(16)17)7-9-5-3-2-4-6-9/h2-6,8,10H,7H2,1H3,(H,13,15)(H,16,17)/t8-,10+/m0/s1. The summed E-state index contributed by atoms with van der Waals surface area (Å²) in [5.74, 6) is -0.226. The highest BCUT2D eigenvalue weighted by Crippen LogP contribution is 2.17. The number of carboxylic acid groups (broad SMARTS) is 1. The molecule has 1 aromatic carbocycles. The second kappa shape index (κ2) is 4.45. The SMILES string of the molecule is C[C@@H]1NC(=O)[C@@H]1N(Cc1ccccc1)C(=O)O. The number of rotatable bonds is 3. The maximum atomic E-state index is 11.4. The number of nitrogens with one attached hydrogen (secondary N) is 1.